The second-order valence-electron chi connectivity index (χ2n) is 7.34. The van der Waals surface area contributed by atoms with Gasteiger partial charge in [-0.05, 0) is 49.6 Å². The normalized spacial score (nSPS) is 23.6. The van der Waals surface area contributed by atoms with Crippen molar-refractivity contribution in [3.05, 3.63) is 68.2 Å². The van der Waals surface area contributed by atoms with Gasteiger partial charge in [-0.2, -0.15) is 0 Å². The molecule has 2 aromatic carbocycles. The minimum atomic E-state index is -0.705. The highest BCUT2D eigenvalue weighted by atomic mass is 35.5. The Balaban J connectivity index is 1.46. The maximum Gasteiger partial charge on any atom is 0.253 e. The van der Waals surface area contributed by atoms with E-state index < -0.39 is 5.60 Å². The zero-order valence-corrected chi connectivity index (χ0v) is 17.9. The molecule has 0 saturated carbocycles. The molecule has 2 heterocycles. The van der Waals surface area contributed by atoms with Crippen molar-refractivity contribution in [2.75, 3.05) is 6.61 Å². The number of benzene rings is 2. The molecular weight excluding hydrogens is 435 g/mol. The second-order valence-corrected chi connectivity index (χ2v) is 8.54. The first kappa shape index (κ1) is 20.5. The summed E-state index contributed by atoms with van der Waals surface area (Å²) in [6, 6.07) is 10.8. The number of halogens is 3. The Bertz CT molecular complexity index is 949. The first-order valence-corrected chi connectivity index (χ1v) is 10.4. The molecule has 1 amide bonds. The van der Waals surface area contributed by atoms with Gasteiger partial charge in [-0.25, -0.2) is 0 Å². The van der Waals surface area contributed by atoms with Gasteiger partial charge < -0.3 is 14.9 Å². The van der Waals surface area contributed by atoms with Gasteiger partial charge in [-0.15, -0.1) is 0 Å². The molecule has 0 aliphatic carbocycles. The molecule has 8 heteroatoms. The van der Waals surface area contributed by atoms with Crippen molar-refractivity contribution in [2.24, 2.45) is 5.16 Å². The Morgan fingerprint density at radius 2 is 1.86 bits per heavy atom. The van der Waals surface area contributed by atoms with Crippen LogP contribution in [-0.2, 0) is 15.2 Å². The molecule has 152 valence electrons. The number of carbonyl (C=O) groups is 1. The average Bonchev–Trinajstić information content (AvgIpc) is 3.36. The summed E-state index contributed by atoms with van der Waals surface area (Å²) in [5.74, 6) is -0.150. The lowest BCUT2D eigenvalue weighted by atomic mass is 9.89. The van der Waals surface area contributed by atoms with Gasteiger partial charge in [-0.3, -0.25) is 4.79 Å². The van der Waals surface area contributed by atoms with Crippen molar-refractivity contribution in [1.82, 2.24) is 5.32 Å². The van der Waals surface area contributed by atoms with Crippen molar-refractivity contribution in [2.45, 2.75) is 38.0 Å². The molecule has 2 aliphatic rings. The van der Waals surface area contributed by atoms with Crippen molar-refractivity contribution in [3.8, 4) is 0 Å². The van der Waals surface area contributed by atoms with Crippen LogP contribution in [-0.4, -0.2) is 24.5 Å². The number of nitrogens with zero attached hydrogens (tertiary/aromatic N) is 1. The molecule has 2 aromatic rings. The van der Waals surface area contributed by atoms with Gasteiger partial charge in [0, 0.05) is 24.2 Å². The summed E-state index contributed by atoms with van der Waals surface area (Å²) in [6.45, 7) is 2.61. The van der Waals surface area contributed by atoms with Crippen molar-refractivity contribution < 1.29 is 14.4 Å². The zero-order valence-electron chi connectivity index (χ0n) is 15.7. The third-order valence-corrected chi connectivity index (χ3v) is 6.36. The SMILES string of the molecule is CC1(c2cc(Cl)c(Cl)c(Cl)c2)CC(c2ccc(C(=O)NC3CCCO3)cc2)=NO1. The van der Waals surface area contributed by atoms with Gasteiger partial charge in [0.15, 0.2) is 5.60 Å². The second kappa shape index (κ2) is 8.15. The van der Waals surface area contributed by atoms with Gasteiger partial charge in [-0.1, -0.05) is 52.1 Å². The minimum Gasteiger partial charge on any atom is -0.384 e. The predicted molar refractivity (Wildman–Crippen MR) is 114 cm³/mol. The average molecular weight is 454 g/mol. The lowest BCUT2D eigenvalue weighted by Crippen LogP contribution is -2.34. The molecule has 1 fully saturated rings. The molecule has 2 unspecified atom stereocenters. The Kier molecular flexibility index (Phi) is 5.76. The van der Waals surface area contributed by atoms with Crippen LogP contribution in [0, 0.1) is 0 Å². The largest absolute Gasteiger partial charge is 0.384 e. The van der Waals surface area contributed by atoms with E-state index in [0.29, 0.717) is 33.7 Å². The fourth-order valence-corrected chi connectivity index (χ4v) is 4.04. The fourth-order valence-electron chi connectivity index (χ4n) is 3.45. The Labute approximate surface area is 183 Å². The fraction of sp³-hybridized carbons (Fsp3) is 0.333. The van der Waals surface area contributed by atoms with Gasteiger partial charge in [0.1, 0.15) is 6.23 Å². The van der Waals surface area contributed by atoms with Crippen LogP contribution in [0.25, 0.3) is 0 Å². The third kappa shape index (κ3) is 4.24. The van der Waals surface area contributed by atoms with Gasteiger partial charge in [0.05, 0.1) is 20.8 Å². The number of nitrogens with one attached hydrogen (secondary N) is 1. The number of hydrogen-bond donors (Lipinski definition) is 1. The molecule has 0 radical (unpaired) electrons. The standard InChI is InChI=1S/C21H19Cl3N2O3/c1-21(14-9-15(22)19(24)16(23)10-14)11-17(26-29-21)12-4-6-13(7-5-12)20(27)25-18-3-2-8-28-18/h4-7,9-10,18H,2-3,8,11H2,1H3,(H,25,27). The van der Waals surface area contributed by atoms with E-state index in [1.807, 2.05) is 19.1 Å². The Hall–Kier alpha value is -1.79. The van der Waals surface area contributed by atoms with E-state index in [1.54, 1.807) is 24.3 Å². The molecule has 1 saturated heterocycles. The molecule has 29 heavy (non-hydrogen) atoms. The van der Waals surface area contributed by atoms with E-state index in [2.05, 4.69) is 10.5 Å². The van der Waals surface area contributed by atoms with Crippen LogP contribution in [0.15, 0.2) is 41.6 Å². The smallest absolute Gasteiger partial charge is 0.253 e. The summed E-state index contributed by atoms with van der Waals surface area (Å²) >= 11 is 18.4. The van der Waals surface area contributed by atoms with Crippen LogP contribution in [0.4, 0.5) is 0 Å². The van der Waals surface area contributed by atoms with Crippen LogP contribution >= 0.6 is 34.8 Å². The lowest BCUT2D eigenvalue weighted by Gasteiger charge is -2.22. The van der Waals surface area contributed by atoms with Crippen LogP contribution in [0.2, 0.25) is 15.1 Å². The molecule has 0 bridgehead atoms. The lowest BCUT2D eigenvalue weighted by molar-refractivity contribution is -0.00737. The van der Waals surface area contributed by atoms with E-state index in [1.165, 1.54) is 0 Å². The van der Waals surface area contributed by atoms with Crippen LogP contribution in [0.5, 0.6) is 0 Å². The highest BCUT2D eigenvalue weighted by molar-refractivity contribution is 6.48. The summed E-state index contributed by atoms with van der Waals surface area (Å²) in [7, 11) is 0. The van der Waals surface area contributed by atoms with E-state index in [-0.39, 0.29) is 12.1 Å². The van der Waals surface area contributed by atoms with Crippen LogP contribution < -0.4 is 5.32 Å². The first-order chi connectivity index (χ1) is 13.9. The van der Waals surface area contributed by atoms with Crippen LogP contribution in [0.3, 0.4) is 0 Å². The van der Waals surface area contributed by atoms with Crippen molar-refractivity contribution >= 4 is 46.4 Å². The molecule has 0 spiro atoms. The van der Waals surface area contributed by atoms with Crippen LogP contribution in [0.1, 0.15) is 47.7 Å². The quantitative estimate of drug-likeness (QED) is 0.617. The zero-order chi connectivity index (χ0) is 20.6. The molecule has 2 atom stereocenters. The van der Waals surface area contributed by atoms with E-state index in [0.717, 1.165) is 29.7 Å². The first-order valence-electron chi connectivity index (χ1n) is 9.29. The molecular formula is C21H19Cl3N2O3. The van der Waals surface area contributed by atoms with Crippen molar-refractivity contribution in [3.63, 3.8) is 0 Å². The maximum atomic E-state index is 12.3. The number of rotatable bonds is 4. The number of hydrogen-bond acceptors (Lipinski definition) is 4. The monoisotopic (exact) mass is 452 g/mol. The topological polar surface area (TPSA) is 59.9 Å². The summed E-state index contributed by atoms with van der Waals surface area (Å²) in [6.07, 6.45) is 2.14. The maximum absolute atomic E-state index is 12.3. The molecule has 1 N–H and O–H groups in total. The number of amides is 1. The predicted octanol–water partition coefficient (Wildman–Crippen LogP) is 5.55. The molecule has 0 aromatic heterocycles. The molecule has 5 nitrogen and oxygen atoms in total. The van der Waals surface area contributed by atoms with Gasteiger partial charge >= 0.3 is 0 Å². The summed E-state index contributed by atoms with van der Waals surface area (Å²) in [5, 5.41) is 8.19. The van der Waals surface area contributed by atoms with Crippen molar-refractivity contribution in [1.29, 1.82) is 0 Å². The summed E-state index contributed by atoms with van der Waals surface area (Å²) < 4.78 is 5.44. The number of carbonyl (C=O) groups excluding carboxylic acids is 1. The number of oxime groups is 1. The Morgan fingerprint density at radius 3 is 2.48 bits per heavy atom. The minimum absolute atomic E-state index is 0.150. The Morgan fingerprint density at radius 1 is 1.17 bits per heavy atom. The van der Waals surface area contributed by atoms with E-state index in [4.69, 9.17) is 44.4 Å². The number of ether oxygens (including phenoxy) is 1. The highest BCUT2D eigenvalue weighted by Gasteiger charge is 2.37. The van der Waals surface area contributed by atoms with Gasteiger partial charge in [0.2, 0.25) is 0 Å². The third-order valence-electron chi connectivity index (χ3n) is 5.16. The molecule has 2 aliphatic heterocycles. The highest BCUT2D eigenvalue weighted by Crippen LogP contribution is 2.41. The molecule has 4 rings (SSSR count). The summed E-state index contributed by atoms with van der Waals surface area (Å²) in [5.41, 5.74) is 2.32. The van der Waals surface area contributed by atoms with E-state index >= 15 is 0 Å². The summed E-state index contributed by atoms with van der Waals surface area (Å²) in [4.78, 5) is 18.1. The van der Waals surface area contributed by atoms with E-state index in [9.17, 15) is 4.79 Å². The van der Waals surface area contributed by atoms with Gasteiger partial charge in [0.25, 0.3) is 5.91 Å².